The van der Waals surface area contributed by atoms with Crippen LogP contribution in [0.5, 0.6) is 5.75 Å². The van der Waals surface area contributed by atoms with Gasteiger partial charge in [0.05, 0.1) is 12.2 Å². The molecule has 6 nitrogen and oxygen atoms in total. The molecule has 0 aliphatic carbocycles. The fourth-order valence-electron chi connectivity index (χ4n) is 2.36. The van der Waals surface area contributed by atoms with Crippen LogP contribution in [-0.2, 0) is 4.79 Å². The van der Waals surface area contributed by atoms with Gasteiger partial charge < -0.3 is 14.8 Å². The number of ether oxygens (including phenoxy) is 1. The number of carboxylic acids is 1. The third kappa shape index (κ3) is 4.58. The van der Waals surface area contributed by atoms with Crippen molar-refractivity contribution in [2.24, 2.45) is 5.41 Å². The number of rotatable bonds is 7. The van der Waals surface area contributed by atoms with Crippen molar-refractivity contribution in [3.63, 3.8) is 0 Å². The van der Waals surface area contributed by atoms with E-state index in [9.17, 15) is 9.59 Å². The first-order valence-corrected chi connectivity index (χ1v) is 7.87. The molecule has 0 unspecified atom stereocenters. The number of carbonyl (C=O) groups excluding carboxylic acids is 1. The maximum Gasteiger partial charge on any atom is 0.317 e. The van der Waals surface area contributed by atoms with Gasteiger partial charge in [-0.05, 0) is 31.3 Å². The average Bonchev–Trinajstić information content (AvgIpc) is 2.87. The number of nitrogens with zero attached hydrogens (tertiary/aromatic N) is 1. The fourth-order valence-corrected chi connectivity index (χ4v) is 2.36. The lowest BCUT2D eigenvalue weighted by atomic mass is 9.89. The summed E-state index contributed by atoms with van der Waals surface area (Å²) >= 11 is 0. The second-order valence-electron chi connectivity index (χ2n) is 6.99. The standard InChI is InChI=1S/C18H24N2O4/c1-18(2,3)17(23)15-10-12-9-13(5-6-14(12)19-15)24-8-7-20(4)11-16(21)22/h5-6,9-10,19H,7-8,11H2,1-4H3,(H,21,22). The van der Waals surface area contributed by atoms with Crippen molar-refractivity contribution in [2.45, 2.75) is 20.8 Å². The lowest BCUT2D eigenvalue weighted by molar-refractivity contribution is -0.138. The van der Waals surface area contributed by atoms with Crippen molar-refractivity contribution in [1.82, 2.24) is 9.88 Å². The van der Waals surface area contributed by atoms with Crippen LogP contribution in [-0.4, -0.2) is 53.5 Å². The van der Waals surface area contributed by atoms with Crippen molar-refractivity contribution in [2.75, 3.05) is 26.7 Å². The van der Waals surface area contributed by atoms with Crippen LogP contribution in [0, 0.1) is 5.41 Å². The molecule has 0 atom stereocenters. The monoisotopic (exact) mass is 332 g/mol. The predicted molar refractivity (Wildman–Crippen MR) is 92.7 cm³/mol. The Kier molecular flexibility index (Phi) is 5.29. The molecule has 2 aromatic rings. The molecule has 1 aromatic heterocycles. The van der Waals surface area contributed by atoms with Gasteiger partial charge in [-0.15, -0.1) is 0 Å². The number of hydrogen-bond donors (Lipinski definition) is 2. The Hall–Kier alpha value is -2.34. The quantitative estimate of drug-likeness (QED) is 0.762. The molecule has 0 spiro atoms. The molecular weight excluding hydrogens is 308 g/mol. The Morgan fingerprint density at radius 1 is 1.25 bits per heavy atom. The van der Waals surface area contributed by atoms with Crippen molar-refractivity contribution >= 4 is 22.7 Å². The zero-order valence-corrected chi connectivity index (χ0v) is 14.5. The van der Waals surface area contributed by atoms with E-state index in [1.54, 1.807) is 11.9 Å². The van der Waals surface area contributed by atoms with E-state index < -0.39 is 11.4 Å². The maximum absolute atomic E-state index is 12.3. The number of hydrogen-bond acceptors (Lipinski definition) is 4. The molecule has 0 saturated carbocycles. The van der Waals surface area contributed by atoms with Crippen LogP contribution in [0.1, 0.15) is 31.3 Å². The molecule has 130 valence electrons. The van der Waals surface area contributed by atoms with Crippen LogP contribution >= 0.6 is 0 Å². The molecule has 0 bridgehead atoms. The minimum Gasteiger partial charge on any atom is -0.492 e. The zero-order chi connectivity index (χ0) is 17.9. The van der Waals surface area contributed by atoms with E-state index in [2.05, 4.69) is 4.98 Å². The number of Topliss-reactive ketones (excluding diaryl/α,β-unsaturated/α-hetero) is 1. The third-order valence-corrected chi connectivity index (χ3v) is 3.66. The summed E-state index contributed by atoms with van der Waals surface area (Å²) in [5.41, 5.74) is 1.04. The normalized spacial score (nSPS) is 11.9. The van der Waals surface area contributed by atoms with E-state index in [0.29, 0.717) is 24.6 Å². The number of benzene rings is 1. The molecule has 0 fully saturated rings. The Morgan fingerprint density at radius 2 is 1.96 bits per heavy atom. The van der Waals surface area contributed by atoms with Crippen LogP contribution in [0.2, 0.25) is 0 Å². The second-order valence-corrected chi connectivity index (χ2v) is 6.99. The van der Waals surface area contributed by atoms with E-state index in [1.165, 1.54) is 0 Å². The number of H-pyrrole nitrogens is 1. The number of aromatic nitrogens is 1. The van der Waals surface area contributed by atoms with Crippen LogP contribution in [0.4, 0.5) is 0 Å². The molecule has 0 radical (unpaired) electrons. The van der Waals surface area contributed by atoms with E-state index in [1.807, 2.05) is 45.0 Å². The maximum atomic E-state index is 12.3. The third-order valence-electron chi connectivity index (χ3n) is 3.66. The molecule has 2 N–H and O–H groups in total. The highest BCUT2D eigenvalue weighted by molar-refractivity contribution is 6.02. The zero-order valence-electron chi connectivity index (χ0n) is 14.5. The first-order chi connectivity index (χ1) is 11.2. The van der Waals surface area contributed by atoms with Crippen LogP contribution < -0.4 is 4.74 Å². The summed E-state index contributed by atoms with van der Waals surface area (Å²) in [5.74, 6) is -0.0984. The topological polar surface area (TPSA) is 82.6 Å². The molecule has 0 amide bonds. The summed E-state index contributed by atoms with van der Waals surface area (Å²) in [4.78, 5) is 27.8. The highest BCUT2D eigenvalue weighted by Crippen LogP contribution is 2.26. The van der Waals surface area contributed by atoms with Gasteiger partial charge in [-0.2, -0.15) is 0 Å². The number of ketones is 1. The number of nitrogens with one attached hydrogen (secondary N) is 1. The highest BCUT2D eigenvalue weighted by atomic mass is 16.5. The van der Waals surface area contributed by atoms with Gasteiger partial charge >= 0.3 is 5.97 Å². The summed E-state index contributed by atoms with van der Waals surface area (Å²) in [6, 6.07) is 7.43. The Bertz CT molecular complexity index is 743. The van der Waals surface area contributed by atoms with Gasteiger partial charge in [-0.25, -0.2) is 0 Å². The SMILES string of the molecule is CN(CCOc1ccc2[nH]c(C(=O)C(C)(C)C)cc2c1)CC(=O)O. The Balaban J connectivity index is 2.03. The van der Waals surface area contributed by atoms with Gasteiger partial charge in [0.2, 0.25) is 0 Å². The molecular formula is C18H24N2O4. The van der Waals surface area contributed by atoms with Crippen molar-refractivity contribution in [3.05, 3.63) is 30.0 Å². The Labute approximate surface area is 141 Å². The van der Waals surface area contributed by atoms with Crippen LogP contribution in [0.25, 0.3) is 10.9 Å². The smallest absolute Gasteiger partial charge is 0.317 e. The molecule has 0 aliphatic rings. The van der Waals surface area contributed by atoms with Crippen LogP contribution in [0.15, 0.2) is 24.3 Å². The minimum atomic E-state index is -0.859. The first-order valence-electron chi connectivity index (χ1n) is 7.87. The number of aromatic amines is 1. The van der Waals surface area contributed by atoms with Gasteiger partial charge in [0, 0.05) is 22.9 Å². The number of fused-ring (bicyclic) bond motifs is 1. The molecule has 6 heteroatoms. The van der Waals surface area contributed by atoms with E-state index in [4.69, 9.17) is 9.84 Å². The van der Waals surface area contributed by atoms with Gasteiger partial charge in [0.1, 0.15) is 12.4 Å². The molecule has 0 saturated heterocycles. The van der Waals surface area contributed by atoms with E-state index in [0.717, 1.165) is 10.9 Å². The molecule has 1 aromatic carbocycles. The summed E-state index contributed by atoms with van der Waals surface area (Å²) < 4.78 is 5.67. The number of aliphatic carboxylic acids is 1. The fraction of sp³-hybridized carbons (Fsp3) is 0.444. The van der Waals surface area contributed by atoms with Gasteiger partial charge in [-0.3, -0.25) is 14.5 Å². The van der Waals surface area contributed by atoms with E-state index in [-0.39, 0.29) is 12.3 Å². The summed E-state index contributed by atoms with van der Waals surface area (Å²) in [6.07, 6.45) is 0. The summed E-state index contributed by atoms with van der Waals surface area (Å²) in [7, 11) is 1.73. The highest BCUT2D eigenvalue weighted by Gasteiger charge is 2.24. The summed E-state index contributed by atoms with van der Waals surface area (Å²) in [6.45, 7) is 6.58. The van der Waals surface area contributed by atoms with Crippen molar-refractivity contribution in [3.8, 4) is 5.75 Å². The molecule has 24 heavy (non-hydrogen) atoms. The average molecular weight is 332 g/mol. The lowest BCUT2D eigenvalue weighted by Gasteiger charge is -2.14. The largest absolute Gasteiger partial charge is 0.492 e. The van der Waals surface area contributed by atoms with Crippen LogP contribution in [0.3, 0.4) is 0 Å². The summed E-state index contributed by atoms with van der Waals surface area (Å²) in [5, 5.41) is 9.63. The minimum absolute atomic E-state index is 0.0154. The Morgan fingerprint density at radius 3 is 2.58 bits per heavy atom. The van der Waals surface area contributed by atoms with E-state index >= 15 is 0 Å². The number of likely N-dealkylation sites (N-methyl/N-ethyl adjacent to an activating group) is 1. The van der Waals surface area contributed by atoms with Crippen molar-refractivity contribution < 1.29 is 19.4 Å². The van der Waals surface area contributed by atoms with Crippen molar-refractivity contribution in [1.29, 1.82) is 0 Å². The molecule has 1 heterocycles. The second kappa shape index (κ2) is 7.05. The lowest BCUT2D eigenvalue weighted by Crippen LogP contribution is -2.29. The first kappa shape index (κ1) is 18.0. The predicted octanol–water partition coefficient (Wildman–Crippen LogP) is 2.79. The number of carboxylic acid groups (broad SMARTS) is 1. The molecule has 2 rings (SSSR count). The molecule has 0 aliphatic heterocycles. The van der Waals surface area contributed by atoms with Gasteiger partial charge in [-0.1, -0.05) is 20.8 Å². The van der Waals surface area contributed by atoms with Gasteiger partial charge in [0.25, 0.3) is 0 Å². The van der Waals surface area contributed by atoms with Gasteiger partial charge in [0.15, 0.2) is 5.78 Å². The number of carbonyl (C=O) groups is 2.